The summed E-state index contributed by atoms with van der Waals surface area (Å²) in [6, 6.07) is 7.75. The maximum Gasteiger partial charge on any atom is 0.249 e. The molecule has 0 saturated carbocycles. The van der Waals surface area contributed by atoms with Gasteiger partial charge in [0.25, 0.3) is 0 Å². The molecular formula is C14H16N4O2. The fraction of sp³-hybridized carbons (Fsp3) is 0.286. The highest BCUT2D eigenvalue weighted by molar-refractivity contribution is 6.09. The molecule has 104 valence electrons. The van der Waals surface area contributed by atoms with E-state index >= 15 is 0 Å². The Morgan fingerprint density at radius 3 is 2.70 bits per heavy atom. The van der Waals surface area contributed by atoms with Gasteiger partial charge in [-0.1, -0.05) is 29.8 Å². The second kappa shape index (κ2) is 6.10. The summed E-state index contributed by atoms with van der Waals surface area (Å²) in [4.78, 5) is 23.1. The Kier molecular flexibility index (Phi) is 4.24. The molecule has 1 aliphatic rings. The maximum absolute atomic E-state index is 11.7. The third kappa shape index (κ3) is 3.50. The molecule has 0 aliphatic carbocycles. The molecule has 1 aromatic carbocycles. The molecule has 2 amide bonds. The van der Waals surface area contributed by atoms with Gasteiger partial charge in [0.2, 0.25) is 11.8 Å². The smallest absolute Gasteiger partial charge is 0.249 e. The summed E-state index contributed by atoms with van der Waals surface area (Å²) in [7, 11) is 0. The van der Waals surface area contributed by atoms with Crippen LogP contribution in [0.3, 0.4) is 0 Å². The molecule has 0 saturated heterocycles. The number of carbonyl (C=O) groups is 2. The summed E-state index contributed by atoms with van der Waals surface area (Å²) in [6.07, 6.45) is 1.61. The van der Waals surface area contributed by atoms with E-state index in [2.05, 4.69) is 21.1 Å². The minimum Gasteiger partial charge on any atom is -0.273 e. The second-order valence-corrected chi connectivity index (χ2v) is 4.69. The Morgan fingerprint density at radius 1 is 1.40 bits per heavy atom. The number of nitrogens with one attached hydrogen (secondary N) is 2. The van der Waals surface area contributed by atoms with Crippen molar-refractivity contribution in [2.45, 2.75) is 20.3 Å². The summed E-state index contributed by atoms with van der Waals surface area (Å²) < 4.78 is 0. The van der Waals surface area contributed by atoms with Crippen LogP contribution in [0.15, 0.2) is 34.5 Å². The standard InChI is InChI=1S/C14H16N4O2/c1-9-3-5-11(6-4-9)8-15-17-13(19)7-12-10(2)16-18-14(12)20/h3-6,8,12H,7H2,1-2H3,(H,17,19)(H,18,20)/b15-8-/t12-/m1/s1. The van der Waals surface area contributed by atoms with Crippen LogP contribution in [0.5, 0.6) is 0 Å². The molecular weight excluding hydrogens is 256 g/mol. The first-order chi connectivity index (χ1) is 9.56. The van der Waals surface area contributed by atoms with Gasteiger partial charge < -0.3 is 0 Å². The van der Waals surface area contributed by atoms with Crippen molar-refractivity contribution in [2.24, 2.45) is 16.1 Å². The first-order valence-electron chi connectivity index (χ1n) is 6.29. The Labute approximate surface area is 116 Å². The molecule has 0 spiro atoms. The lowest BCUT2D eigenvalue weighted by Gasteiger charge is -2.05. The highest BCUT2D eigenvalue weighted by Gasteiger charge is 2.28. The monoisotopic (exact) mass is 272 g/mol. The van der Waals surface area contributed by atoms with Gasteiger partial charge in [-0.2, -0.15) is 10.2 Å². The lowest BCUT2D eigenvalue weighted by molar-refractivity contribution is -0.127. The van der Waals surface area contributed by atoms with E-state index in [1.54, 1.807) is 13.1 Å². The Balaban J connectivity index is 1.85. The lowest BCUT2D eigenvalue weighted by atomic mass is 10.0. The molecule has 20 heavy (non-hydrogen) atoms. The zero-order valence-electron chi connectivity index (χ0n) is 11.4. The van der Waals surface area contributed by atoms with Gasteiger partial charge in [-0.3, -0.25) is 9.59 Å². The van der Waals surface area contributed by atoms with Crippen LogP contribution in [0.1, 0.15) is 24.5 Å². The van der Waals surface area contributed by atoms with Gasteiger partial charge >= 0.3 is 0 Å². The average molecular weight is 272 g/mol. The first-order valence-corrected chi connectivity index (χ1v) is 6.29. The van der Waals surface area contributed by atoms with Crippen molar-refractivity contribution in [1.82, 2.24) is 10.9 Å². The van der Waals surface area contributed by atoms with E-state index < -0.39 is 5.92 Å². The van der Waals surface area contributed by atoms with Crippen LogP contribution in [0.25, 0.3) is 0 Å². The van der Waals surface area contributed by atoms with Crippen molar-refractivity contribution in [3.05, 3.63) is 35.4 Å². The van der Waals surface area contributed by atoms with Gasteiger partial charge in [0.05, 0.1) is 12.1 Å². The van der Waals surface area contributed by atoms with Crippen molar-refractivity contribution < 1.29 is 9.59 Å². The summed E-state index contributed by atoms with van der Waals surface area (Å²) in [5.41, 5.74) is 7.43. The maximum atomic E-state index is 11.7. The fourth-order valence-corrected chi connectivity index (χ4v) is 1.79. The second-order valence-electron chi connectivity index (χ2n) is 4.69. The molecule has 1 atom stereocenters. The van der Waals surface area contributed by atoms with E-state index in [-0.39, 0.29) is 18.2 Å². The SMILES string of the molecule is CC1=NNC(=O)[C@@H]1CC(=O)N/N=C\c1ccc(C)cc1. The summed E-state index contributed by atoms with van der Waals surface area (Å²) in [6.45, 7) is 3.71. The van der Waals surface area contributed by atoms with Crippen LogP contribution in [0.2, 0.25) is 0 Å². The normalized spacial score (nSPS) is 18.0. The zero-order chi connectivity index (χ0) is 14.5. The predicted octanol–water partition coefficient (Wildman–Crippen LogP) is 0.957. The minimum absolute atomic E-state index is 0.0480. The van der Waals surface area contributed by atoms with Gasteiger partial charge in [0, 0.05) is 12.1 Å². The average Bonchev–Trinajstić information content (AvgIpc) is 2.73. The van der Waals surface area contributed by atoms with E-state index in [4.69, 9.17) is 0 Å². The largest absolute Gasteiger partial charge is 0.273 e. The summed E-state index contributed by atoms with van der Waals surface area (Å²) >= 11 is 0. The summed E-state index contributed by atoms with van der Waals surface area (Å²) in [5.74, 6) is -1.06. The number of rotatable bonds is 4. The van der Waals surface area contributed by atoms with E-state index in [1.165, 1.54) is 0 Å². The highest BCUT2D eigenvalue weighted by atomic mass is 16.2. The Bertz CT molecular complexity index is 575. The fourth-order valence-electron chi connectivity index (χ4n) is 1.79. The van der Waals surface area contributed by atoms with Crippen molar-refractivity contribution >= 4 is 23.7 Å². The molecule has 0 bridgehead atoms. The predicted molar refractivity (Wildman–Crippen MR) is 76.3 cm³/mol. The van der Waals surface area contributed by atoms with Crippen LogP contribution in [-0.4, -0.2) is 23.7 Å². The molecule has 6 nitrogen and oxygen atoms in total. The molecule has 1 aliphatic heterocycles. The zero-order valence-corrected chi connectivity index (χ0v) is 11.4. The Morgan fingerprint density at radius 2 is 2.10 bits per heavy atom. The first kappa shape index (κ1) is 13.9. The van der Waals surface area contributed by atoms with E-state index in [0.29, 0.717) is 5.71 Å². The number of benzene rings is 1. The molecule has 6 heteroatoms. The molecule has 1 aromatic rings. The van der Waals surface area contributed by atoms with Gasteiger partial charge in [-0.05, 0) is 19.4 Å². The minimum atomic E-state index is -0.496. The third-order valence-electron chi connectivity index (χ3n) is 3.03. The molecule has 2 N–H and O–H groups in total. The van der Waals surface area contributed by atoms with Crippen molar-refractivity contribution in [3.8, 4) is 0 Å². The molecule has 2 rings (SSSR count). The quantitative estimate of drug-likeness (QED) is 0.632. The molecule has 1 heterocycles. The summed E-state index contributed by atoms with van der Waals surface area (Å²) in [5, 5.41) is 7.65. The van der Waals surface area contributed by atoms with Gasteiger partial charge in [0.15, 0.2) is 0 Å². The number of aryl methyl sites for hydroxylation is 1. The molecule has 0 unspecified atom stereocenters. The van der Waals surface area contributed by atoms with Crippen LogP contribution in [0, 0.1) is 12.8 Å². The van der Waals surface area contributed by atoms with Crippen LogP contribution in [-0.2, 0) is 9.59 Å². The number of hydrazone groups is 2. The molecule has 0 aromatic heterocycles. The number of hydrogen-bond donors (Lipinski definition) is 2. The number of nitrogens with zero attached hydrogens (tertiary/aromatic N) is 2. The number of carbonyl (C=O) groups excluding carboxylic acids is 2. The number of hydrogen-bond acceptors (Lipinski definition) is 4. The van der Waals surface area contributed by atoms with Crippen molar-refractivity contribution in [1.29, 1.82) is 0 Å². The van der Waals surface area contributed by atoms with Crippen LogP contribution < -0.4 is 10.9 Å². The van der Waals surface area contributed by atoms with Crippen LogP contribution >= 0.6 is 0 Å². The van der Waals surface area contributed by atoms with E-state index in [9.17, 15) is 9.59 Å². The van der Waals surface area contributed by atoms with Gasteiger partial charge in [-0.25, -0.2) is 10.9 Å². The van der Waals surface area contributed by atoms with Crippen LogP contribution in [0.4, 0.5) is 0 Å². The molecule has 0 fully saturated rings. The lowest BCUT2D eigenvalue weighted by Crippen LogP contribution is -2.29. The van der Waals surface area contributed by atoms with Gasteiger partial charge in [0.1, 0.15) is 0 Å². The van der Waals surface area contributed by atoms with E-state index in [0.717, 1.165) is 11.1 Å². The van der Waals surface area contributed by atoms with E-state index in [1.807, 2.05) is 31.2 Å². The van der Waals surface area contributed by atoms with Gasteiger partial charge in [-0.15, -0.1) is 0 Å². The third-order valence-corrected chi connectivity index (χ3v) is 3.03. The molecule has 0 radical (unpaired) electrons. The highest BCUT2D eigenvalue weighted by Crippen LogP contribution is 2.11. The van der Waals surface area contributed by atoms with Crippen molar-refractivity contribution in [2.75, 3.05) is 0 Å². The van der Waals surface area contributed by atoms with Crippen molar-refractivity contribution in [3.63, 3.8) is 0 Å². The number of amides is 2. The Hall–Kier alpha value is -2.50. The topological polar surface area (TPSA) is 82.9 Å².